The van der Waals surface area contributed by atoms with E-state index in [2.05, 4.69) is 10.6 Å². The molecule has 1 aromatic heterocycles. The molecule has 0 bridgehead atoms. The molecule has 1 aliphatic rings. The number of hydrogen-bond donors (Lipinski definition) is 2. The quantitative estimate of drug-likeness (QED) is 0.554. The monoisotopic (exact) mass is 476 g/mol. The van der Waals surface area contributed by atoms with Crippen molar-refractivity contribution >= 4 is 40.1 Å². The predicted molar refractivity (Wildman–Crippen MR) is 119 cm³/mol. The van der Waals surface area contributed by atoms with E-state index in [4.69, 9.17) is 18.9 Å². The first-order valence-electron chi connectivity index (χ1n) is 10.2. The number of benzene rings is 1. The average molecular weight is 477 g/mol. The molecule has 0 spiro atoms. The lowest BCUT2D eigenvalue weighted by atomic mass is 10.1. The number of carbonyl (C=O) groups excluding carboxylic acids is 4. The third kappa shape index (κ3) is 5.80. The van der Waals surface area contributed by atoms with E-state index in [1.54, 1.807) is 32.0 Å². The zero-order valence-corrected chi connectivity index (χ0v) is 19.3. The van der Waals surface area contributed by atoms with Crippen molar-refractivity contribution in [1.29, 1.82) is 0 Å². The number of rotatable bonds is 8. The van der Waals surface area contributed by atoms with Crippen LogP contribution >= 0.6 is 11.3 Å². The lowest BCUT2D eigenvalue weighted by Crippen LogP contribution is -2.22. The molecule has 0 unspecified atom stereocenters. The first-order chi connectivity index (χ1) is 15.8. The van der Waals surface area contributed by atoms with Gasteiger partial charge >= 0.3 is 11.9 Å². The Kier molecular flexibility index (Phi) is 7.88. The van der Waals surface area contributed by atoms with Crippen LogP contribution in [0.25, 0.3) is 0 Å². The molecule has 1 aliphatic heterocycles. The van der Waals surface area contributed by atoms with Gasteiger partial charge < -0.3 is 29.6 Å². The first kappa shape index (κ1) is 24.1. The van der Waals surface area contributed by atoms with Gasteiger partial charge in [0.25, 0.3) is 11.8 Å². The molecule has 0 fully saturated rings. The van der Waals surface area contributed by atoms with Gasteiger partial charge in [-0.15, -0.1) is 11.3 Å². The Hall–Kier alpha value is -3.60. The summed E-state index contributed by atoms with van der Waals surface area (Å²) in [4.78, 5) is 49.3. The van der Waals surface area contributed by atoms with E-state index < -0.39 is 30.4 Å². The third-order valence-corrected chi connectivity index (χ3v) is 5.84. The Bertz CT molecular complexity index is 1080. The van der Waals surface area contributed by atoms with Crippen LogP contribution in [0.15, 0.2) is 18.2 Å². The number of carbonyl (C=O) groups is 4. The zero-order chi connectivity index (χ0) is 24.0. The molecular weight excluding hydrogens is 452 g/mol. The minimum atomic E-state index is -0.660. The average Bonchev–Trinajstić information content (AvgIpc) is 3.12. The summed E-state index contributed by atoms with van der Waals surface area (Å²) in [7, 11) is 1.46. The van der Waals surface area contributed by atoms with Crippen molar-refractivity contribution in [3.8, 4) is 11.5 Å². The van der Waals surface area contributed by atoms with E-state index in [0.29, 0.717) is 35.8 Å². The van der Waals surface area contributed by atoms with Crippen LogP contribution in [0, 0.1) is 6.92 Å². The van der Waals surface area contributed by atoms with Gasteiger partial charge in [-0.3, -0.25) is 14.4 Å². The van der Waals surface area contributed by atoms with Gasteiger partial charge in [-0.25, -0.2) is 4.79 Å². The van der Waals surface area contributed by atoms with Gasteiger partial charge in [0, 0.05) is 7.05 Å². The van der Waals surface area contributed by atoms with Crippen LogP contribution in [-0.2, 0) is 25.5 Å². The van der Waals surface area contributed by atoms with E-state index in [9.17, 15) is 19.2 Å². The van der Waals surface area contributed by atoms with Crippen molar-refractivity contribution in [2.45, 2.75) is 20.3 Å². The molecule has 2 aromatic rings. The highest BCUT2D eigenvalue weighted by Crippen LogP contribution is 2.34. The normalized spacial score (nSPS) is 12.0. The molecule has 2 heterocycles. The van der Waals surface area contributed by atoms with Crippen molar-refractivity contribution in [1.82, 2.24) is 5.32 Å². The minimum absolute atomic E-state index is 0.0586. The highest BCUT2D eigenvalue weighted by molar-refractivity contribution is 7.18. The second kappa shape index (κ2) is 10.8. The summed E-state index contributed by atoms with van der Waals surface area (Å²) < 4.78 is 21.0. The Morgan fingerprint density at radius 2 is 1.82 bits per heavy atom. The predicted octanol–water partition coefficient (Wildman–Crippen LogP) is 2.09. The number of hydrogen-bond acceptors (Lipinski definition) is 9. The molecule has 176 valence electrons. The SMILES string of the molecule is CCOC(=O)c1c(NC(=O)COC(=O)Cc2ccc3c(c2)OCCO3)sc(C(=O)NC)c1C. The molecule has 33 heavy (non-hydrogen) atoms. The molecule has 0 atom stereocenters. The van der Waals surface area contributed by atoms with Gasteiger partial charge in [-0.05, 0) is 37.1 Å². The zero-order valence-electron chi connectivity index (χ0n) is 18.4. The van der Waals surface area contributed by atoms with Gasteiger partial charge in [-0.1, -0.05) is 6.07 Å². The van der Waals surface area contributed by atoms with Crippen molar-refractivity contribution in [3.63, 3.8) is 0 Å². The van der Waals surface area contributed by atoms with Crippen LogP contribution in [0.3, 0.4) is 0 Å². The summed E-state index contributed by atoms with van der Waals surface area (Å²) in [6, 6.07) is 5.12. The van der Waals surface area contributed by atoms with Gasteiger partial charge in [0.2, 0.25) is 0 Å². The fourth-order valence-corrected chi connectivity index (χ4v) is 4.26. The number of thiophene rings is 1. The minimum Gasteiger partial charge on any atom is -0.486 e. The Morgan fingerprint density at radius 1 is 1.09 bits per heavy atom. The second-order valence-electron chi connectivity index (χ2n) is 6.92. The number of fused-ring (bicyclic) bond motifs is 1. The molecule has 11 heteroatoms. The molecule has 0 radical (unpaired) electrons. The topological polar surface area (TPSA) is 129 Å². The van der Waals surface area contributed by atoms with Crippen molar-refractivity contribution in [2.75, 3.05) is 38.8 Å². The fourth-order valence-electron chi connectivity index (χ4n) is 3.10. The summed E-state index contributed by atoms with van der Waals surface area (Å²) in [6.07, 6.45) is -0.0586. The molecule has 10 nitrogen and oxygen atoms in total. The molecule has 3 rings (SSSR count). The third-order valence-electron chi connectivity index (χ3n) is 4.63. The van der Waals surface area contributed by atoms with E-state index in [1.807, 2.05) is 0 Å². The smallest absolute Gasteiger partial charge is 0.341 e. The number of esters is 2. The van der Waals surface area contributed by atoms with Crippen LogP contribution in [0.1, 0.15) is 38.1 Å². The molecule has 2 amide bonds. The Labute approximate surface area is 194 Å². The van der Waals surface area contributed by atoms with Crippen LogP contribution < -0.4 is 20.1 Å². The number of anilines is 1. The summed E-state index contributed by atoms with van der Waals surface area (Å²) >= 11 is 0.940. The molecule has 2 N–H and O–H groups in total. The van der Waals surface area contributed by atoms with Crippen LogP contribution in [0.5, 0.6) is 11.5 Å². The maximum Gasteiger partial charge on any atom is 0.341 e. The lowest BCUT2D eigenvalue weighted by Gasteiger charge is -2.18. The number of amides is 2. The van der Waals surface area contributed by atoms with Gasteiger partial charge in [-0.2, -0.15) is 0 Å². The maximum atomic E-state index is 12.4. The molecule has 1 aromatic carbocycles. The number of ether oxygens (including phenoxy) is 4. The summed E-state index contributed by atoms with van der Waals surface area (Å²) in [5.74, 6) is -1.16. The summed E-state index contributed by atoms with van der Waals surface area (Å²) in [5, 5.41) is 5.18. The maximum absolute atomic E-state index is 12.4. The Balaban J connectivity index is 1.62. The largest absolute Gasteiger partial charge is 0.486 e. The Morgan fingerprint density at radius 3 is 2.52 bits per heavy atom. The van der Waals surface area contributed by atoms with E-state index in [-0.39, 0.29) is 28.5 Å². The molecule has 0 aliphatic carbocycles. The van der Waals surface area contributed by atoms with Crippen molar-refractivity contribution in [2.24, 2.45) is 0 Å². The van der Waals surface area contributed by atoms with Crippen LogP contribution in [0.2, 0.25) is 0 Å². The summed E-state index contributed by atoms with van der Waals surface area (Å²) in [5.41, 5.74) is 1.14. The highest BCUT2D eigenvalue weighted by Gasteiger charge is 2.26. The molecular formula is C22H24N2O8S. The number of nitrogens with one attached hydrogen (secondary N) is 2. The van der Waals surface area contributed by atoms with Crippen LogP contribution in [0.4, 0.5) is 5.00 Å². The lowest BCUT2D eigenvalue weighted by molar-refractivity contribution is -0.146. The first-order valence-corrected chi connectivity index (χ1v) is 11.0. The van der Waals surface area contributed by atoms with E-state index >= 15 is 0 Å². The molecule has 0 saturated heterocycles. The van der Waals surface area contributed by atoms with E-state index in [1.165, 1.54) is 7.05 Å². The van der Waals surface area contributed by atoms with Gasteiger partial charge in [0.1, 0.15) is 18.2 Å². The standard InChI is InChI=1S/C22H24N2O8S/c1-4-29-22(28)18-12(2)19(20(27)23-3)33-21(18)24-16(25)11-32-17(26)10-13-5-6-14-15(9-13)31-8-7-30-14/h5-6,9H,4,7-8,10-11H2,1-3H3,(H,23,27)(H,24,25). The fraction of sp³-hybridized carbons (Fsp3) is 0.364. The second-order valence-corrected chi connectivity index (χ2v) is 7.94. The van der Waals surface area contributed by atoms with Crippen LogP contribution in [-0.4, -0.2) is 57.2 Å². The van der Waals surface area contributed by atoms with Gasteiger partial charge in [0.15, 0.2) is 18.1 Å². The summed E-state index contributed by atoms with van der Waals surface area (Å²) in [6.45, 7) is 3.72. The van der Waals surface area contributed by atoms with Crippen molar-refractivity contribution in [3.05, 3.63) is 39.8 Å². The molecule has 0 saturated carbocycles. The van der Waals surface area contributed by atoms with E-state index in [0.717, 1.165) is 11.3 Å². The van der Waals surface area contributed by atoms with Crippen molar-refractivity contribution < 1.29 is 38.1 Å². The highest BCUT2D eigenvalue weighted by atomic mass is 32.1. The van der Waals surface area contributed by atoms with Gasteiger partial charge in [0.05, 0.1) is 23.5 Å².